The zero-order valence-electron chi connectivity index (χ0n) is 7.42. The van der Waals surface area contributed by atoms with Gasteiger partial charge in [-0.1, -0.05) is 23.2 Å². The van der Waals surface area contributed by atoms with E-state index in [0.29, 0.717) is 15.6 Å². The predicted molar refractivity (Wildman–Crippen MR) is 57.7 cm³/mol. The Morgan fingerprint density at radius 1 is 1.29 bits per heavy atom. The van der Waals surface area contributed by atoms with E-state index in [1.165, 1.54) is 13.0 Å². The van der Waals surface area contributed by atoms with Gasteiger partial charge in [-0.25, -0.2) is 4.79 Å². The van der Waals surface area contributed by atoms with Crippen molar-refractivity contribution in [1.29, 1.82) is 0 Å². The molecule has 4 heteroatoms. The van der Waals surface area contributed by atoms with Crippen LogP contribution in [0.5, 0.6) is 0 Å². The van der Waals surface area contributed by atoms with Crippen molar-refractivity contribution < 1.29 is 9.90 Å². The van der Waals surface area contributed by atoms with Gasteiger partial charge in [0, 0.05) is 15.6 Å². The van der Waals surface area contributed by atoms with E-state index >= 15 is 0 Å². The van der Waals surface area contributed by atoms with Crippen LogP contribution >= 0.6 is 23.2 Å². The molecule has 0 spiro atoms. The van der Waals surface area contributed by atoms with Crippen LogP contribution in [-0.2, 0) is 4.79 Å². The van der Waals surface area contributed by atoms with E-state index in [1.807, 2.05) is 0 Å². The van der Waals surface area contributed by atoms with Crippen molar-refractivity contribution in [3.63, 3.8) is 0 Å². The number of hydrogen-bond donors (Lipinski definition) is 1. The third-order valence-electron chi connectivity index (χ3n) is 1.61. The van der Waals surface area contributed by atoms with Crippen LogP contribution in [0, 0.1) is 0 Å². The highest BCUT2D eigenvalue weighted by molar-refractivity contribution is 6.34. The molecule has 0 aromatic heterocycles. The van der Waals surface area contributed by atoms with Crippen molar-refractivity contribution in [2.45, 2.75) is 6.92 Å². The maximum absolute atomic E-state index is 10.5. The predicted octanol–water partition coefficient (Wildman–Crippen LogP) is 3.48. The second kappa shape index (κ2) is 4.49. The molecule has 0 saturated heterocycles. The number of carboxylic acid groups (broad SMARTS) is 1. The molecule has 74 valence electrons. The van der Waals surface area contributed by atoms with Crippen LogP contribution in [0.15, 0.2) is 23.8 Å². The van der Waals surface area contributed by atoms with Crippen molar-refractivity contribution in [1.82, 2.24) is 0 Å². The van der Waals surface area contributed by atoms with Gasteiger partial charge in [-0.15, -0.1) is 0 Å². The third kappa shape index (κ3) is 3.05. The van der Waals surface area contributed by atoms with Gasteiger partial charge >= 0.3 is 5.97 Å². The molecule has 0 saturated carbocycles. The lowest BCUT2D eigenvalue weighted by Gasteiger charge is -1.98. The summed E-state index contributed by atoms with van der Waals surface area (Å²) in [5, 5.41) is 9.62. The van der Waals surface area contributed by atoms with E-state index in [-0.39, 0.29) is 5.57 Å². The normalized spacial score (nSPS) is 11.5. The Kier molecular flexibility index (Phi) is 3.55. The average molecular weight is 231 g/mol. The van der Waals surface area contributed by atoms with Crippen LogP contribution in [-0.4, -0.2) is 11.1 Å². The van der Waals surface area contributed by atoms with Gasteiger partial charge in [0.25, 0.3) is 0 Å². The molecule has 1 aromatic carbocycles. The number of carbonyl (C=O) groups is 1. The van der Waals surface area contributed by atoms with Crippen molar-refractivity contribution in [3.8, 4) is 0 Å². The summed E-state index contributed by atoms with van der Waals surface area (Å²) >= 11 is 11.5. The summed E-state index contributed by atoms with van der Waals surface area (Å²) in [6.07, 6.45) is 1.51. The van der Waals surface area contributed by atoms with Crippen LogP contribution < -0.4 is 0 Å². The first-order valence-corrected chi connectivity index (χ1v) is 4.62. The van der Waals surface area contributed by atoms with Gasteiger partial charge in [0.05, 0.1) is 0 Å². The Balaban J connectivity index is 3.08. The first-order valence-electron chi connectivity index (χ1n) is 3.87. The SMILES string of the molecule is CC(=Cc1cc(Cl)cc(Cl)c1)C(=O)O. The molecule has 0 aliphatic heterocycles. The molecule has 0 amide bonds. The molecular weight excluding hydrogens is 223 g/mol. The summed E-state index contributed by atoms with van der Waals surface area (Å²) in [6, 6.07) is 4.90. The second-order valence-corrected chi connectivity index (χ2v) is 3.71. The van der Waals surface area contributed by atoms with Gasteiger partial charge in [-0.3, -0.25) is 0 Å². The first kappa shape index (κ1) is 11.1. The summed E-state index contributed by atoms with van der Waals surface area (Å²) in [5.74, 6) is -0.957. The zero-order valence-corrected chi connectivity index (χ0v) is 8.93. The highest BCUT2D eigenvalue weighted by Crippen LogP contribution is 2.20. The maximum atomic E-state index is 10.5. The average Bonchev–Trinajstić information content (AvgIpc) is 2.01. The molecule has 1 aromatic rings. The van der Waals surface area contributed by atoms with Crippen LogP contribution in [0.4, 0.5) is 0 Å². The topological polar surface area (TPSA) is 37.3 Å². The molecule has 0 aliphatic carbocycles. The van der Waals surface area contributed by atoms with E-state index < -0.39 is 5.97 Å². The van der Waals surface area contributed by atoms with Crippen LogP contribution in [0.25, 0.3) is 6.08 Å². The van der Waals surface area contributed by atoms with Gasteiger partial charge in [-0.2, -0.15) is 0 Å². The third-order valence-corrected chi connectivity index (χ3v) is 2.04. The molecule has 0 bridgehead atoms. The van der Waals surface area contributed by atoms with Crippen molar-refractivity contribution in [2.75, 3.05) is 0 Å². The van der Waals surface area contributed by atoms with Crippen LogP contribution in [0.3, 0.4) is 0 Å². The highest BCUT2D eigenvalue weighted by atomic mass is 35.5. The summed E-state index contributed by atoms with van der Waals surface area (Å²) in [5.41, 5.74) is 0.922. The molecule has 1 rings (SSSR count). The summed E-state index contributed by atoms with van der Waals surface area (Å²) in [7, 11) is 0. The molecular formula is C10H8Cl2O2. The highest BCUT2D eigenvalue weighted by Gasteiger charge is 2.01. The quantitative estimate of drug-likeness (QED) is 0.791. The van der Waals surface area contributed by atoms with Crippen LogP contribution in [0.2, 0.25) is 10.0 Å². The van der Waals surface area contributed by atoms with Gasteiger partial charge in [-0.05, 0) is 36.8 Å². The van der Waals surface area contributed by atoms with Crippen molar-refractivity contribution >= 4 is 35.2 Å². The Hall–Kier alpha value is -0.990. The molecule has 0 heterocycles. The molecule has 0 fully saturated rings. The first-order chi connectivity index (χ1) is 6.49. The molecule has 0 atom stereocenters. The summed E-state index contributed by atoms with van der Waals surface area (Å²) in [6.45, 7) is 1.51. The van der Waals surface area contributed by atoms with Crippen LogP contribution in [0.1, 0.15) is 12.5 Å². The van der Waals surface area contributed by atoms with E-state index in [1.54, 1.807) is 18.2 Å². The minimum atomic E-state index is -0.957. The Bertz CT molecular complexity index is 377. The number of aliphatic carboxylic acids is 1. The lowest BCUT2D eigenvalue weighted by molar-refractivity contribution is -0.132. The number of carboxylic acids is 1. The number of hydrogen-bond acceptors (Lipinski definition) is 1. The fourth-order valence-electron chi connectivity index (χ4n) is 0.970. The standard InChI is InChI=1S/C10H8Cl2O2/c1-6(10(13)14)2-7-3-8(11)5-9(12)4-7/h2-5H,1H3,(H,13,14). The van der Waals surface area contributed by atoms with Gasteiger partial charge in [0.15, 0.2) is 0 Å². The smallest absolute Gasteiger partial charge is 0.331 e. The lowest BCUT2D eigenvalue weighted by atomic mass is 10.1. The fraction of sp³-hybridized carbons (Fsp3) is 0.100. The monoisotopic (exact) mass is 230 g/mol. The number of benzene rings is 1. The van der Waals surface area contributed by atoms with Gasteiger partial charge in [0.2, 0.25) is 0 Å². The van der Waals surface area contributed by atoms with E-state index in [4.69, 9.17) is 28.3 Å². The van der Waals surface area contributed by atoms with Gasteiger partial charge < -0.3 is 5.11 Å². The fourth-order valence-corrected chi connectivity index (χ4v) is 1.51. The minimum absolute atomic E-state index is 0.239. The van der Waals surface area contributed by atoms with Gasteiger partial charge in [0.1, 0.15) is 0 Å². The lowest BCUT2D eigenvalue weighted by Crippen LogP contribution is -1.95. The molecule has 0 radical (unpaired) electrons. The molecule has 0 unspecified atom stereocenters. The Morgan fingerprint density at radius 2 is 1.79 bits per heavy atom. The molecule has 1 N–H and O–H groups in total. The van der Waals surface area contributed by atoms with Crippen molar-refractivity contribution in [3.05, 3.63) is 39.4 Å². The largest absolute Gasteiger partial charge is 0.478 e. The Labute approximate surface area is 91.8 Å². The minimum Gasteiger partial charge on any atom is -0.478 e. The van der Waals surface area contributed by atoms with Crippen molar-refractivity contribution in [2.24, 2.45) is 0 Å². The van der Waals surface area contributed by atoms with E-state index in [2.05, 4.69) is 0 Å². The maximum Gasteiger partial charge on any atom is 0.331 e. The number of halogens is 2. The molecule has 0 aliphatic rings. The summed E-state index contributed by atoms with van der Waals surface area (Å²) < 4.78 is 0. The zero-order chi connectivity index (χ0) is 10.7. The summed E-state index contributed by atoms with van der Waals surface area (Å²) in [4.78, 5) is 10.5. The van der Waals surface area contributed by atoms with E-state index in [9.17, 15) is 4.79 Å². The molecule has 2 nitrogen and oxygen atoms in total. The number of rotatable bonds is 2. The molecule has 14 heavy (non-hydrogen) atoms. The Morgan fingerprint density at radius 3 is 2.21 bits per heavy atom. The second-order valence-electron chi connectivity index (χ2n) is 2.84. The van der Waals surface area contributed by atoms with E-state index in [0.717, 1.165) is 0 Å².